The van der Waals surface area contributed by atoms with E-state index in [1.54, 1.807) is 11.3 Å². The minimum Gasteiger partial charge on any atom is -0.346 e. The van der Waals surface area contributed by atoms with Gasteiger partial charge in [-0.15, -0.1) is 0 Å². The Morgan fingerprint density at radius 1 is 1.03 bits per heavy atom. The fourth-order valence-corrected chi connectivity index (χ4v) is 5.52. The summed E-state index contributed by atoms with van der Waals surface area (Å²) in [4.78, 5) is 15.6. The van der Waals surface area contributed by atoms with E-state index in [1.807, 2.05) is 6.20 Å². The van der Waals surface area contributed by atoms with Gasteiger partial charge in [0, 0.05) is 51.0 Å². The smallest absolute Gasteiger partial charge is 0.186 e. The number of thiazole rings is 1. The maximum Gasteiger partial charge on any atom is 0.186 e. The van der Waals surface area contributed by atoms with Gasteiger partial charge in [-0.05, 0) is 36.6 Å². The highest BCUT2D eigenvalue weighted by atomic mass is 32.1. The SMILES string of the molecule is CCCCn1c(CC2=CCc3ccccc32)cnc1-c1cnc(N2CCN(C)CC2)s1. The van der Waals surface area contributed by atoms with Crippen LogP contribution in [0.3, 0.4) is 0 Å². The molecule has 1 fully saturated rings. The topological polar surface area (TPSA) is 37.2 Å². The summed E-state index contributed by atoms with van der Waals surface area (Å²) in [7, 11) is 2.19. The van der Waals surface area contributed by atoms with Gasteiger partial charge >= 0.3 is 0 Å². The first-order chi connectivity index (χ1) is 15.2. The molecule has 1 aliphatic heterocycles. The quantitative estimate of drug-likeness (QED) is 0.539. The highest BCUT2D eigenvalue weighted by Gasteiger charge is 2.21. The van der Waals surface area contributed by atoms with Gasteiger partial charge in [0.25, 0.3) is 0 Å². The molecule has 1 aromatic carbocycles. The van der Waals surface area contributed by atoms with E-state index in [0.717, 1.165) is 62.9 Å². The van der Waals surface area contributed by atoms with E-state index < -0.39 is 0 Å². The van der Waals surface area contributed by atoms with Crippen molar-refractivity contribution in [2.45, 2.75) is 39.2 Å². The number of rotatable bonds is 7. The molecular formula is C25H31N5S. The molecule has 5 nitrogen and oxygen atoms in total. The number of unbranched alkanes of at least 4 members (excludes halogenated alkanes) is 1. The Kier molecular flexibility index (Phi) is 5.92. The fourth-order valence-electron chi connectivity index (χ4n) is 4.54. The molecule has 6 heteroatoms. The maximum absolute atomic E-state index is 4.89. The molecule has 0 saturated carbocycles. The van der Waals surface area contributed by atoms with Crippen molar-refractivity contribution in [2.24, 2.45) is 0 Å². The third-order valence-electron chi connectivity index (χ3n) is 6.46. The zero-order chi connectivity index (χ0) is 21.2. The largest absolute Gasteiger partial charge is 0.346 e. The number of anilines is 1. The molecule has 0 amide bonds. The Morgan fingerprint density at radius 3 is 2.71 bits per heavy atom. The zero-order valence-electron chi connectivity index (χ0n) is 18.5. The van der Waals surface area contributed by atoms with Crippen molar-refractivity contribution in [1.29, 1.82) is 0 Å². The number of hydrogen-bond acceptors (Lipinski definition) is 5. The van der Waals surface area contributed by atoms with Gasteiger partial charge in [0.2, 0.25) is 0 Å². The summed E-state index contributed by atoms with van der Waals surface area (Å²) in [5.41, 5.74) is 5.59. The monoisotopic (exact) mass is 433 g/mol. The molecule has 31 heavy (non-hydrogen) atoms. The van der Waals surface area contributed by atoms with Gasteiger partial charge in [-0.25, -0.2) is 9.97 Å². The van der Waals surface area contributed by atoms with Crippen LogP contribution in [0.4, 0.5) is 5.13 Å². The van der Waals surface area contributed by atoms with Crippen LogP contribution >= 0.6 is 11.3 Å². The van der Waals surface area contributed by atoms with E-state index in [1.165, 1.54) is 33.7 Å². The summed E-state index contributed by atoms with van der Waals surface area (Å²) >= 11 is 1.78. The van der Waals surface area contributed by atoms with Crippen molar-refractivity contribution in [1.82, 2.24) is 19.4 Å². The predicted octanol–water partition coefficient (Wildman–Crippen LogP) is 4.74. The Hall–Kier alpha value is -2.44. The highest BCUT2D eigenvalue weighted by molar-refractivity contribution is 7.18. The van der Waals surface area contributed by atoms with Gasteiger partial charge in [0.05, 0.1) is 11.1 Å². The van der Waals surface area contributed by atoms with Crippen LogP contribution in [0.5, 0.6) is 0 Å². The summed E-state index contributed by atoms with van der Waals surface area (Å²) in [5.74, 6) is 1.08. The average molecular weight is 434 g/mol. The lowest BCUT2D eigenvalue weighted by atomic mass is 10.0. The molecule has 162 valence electrons. The van der Waals surface area contributed by atoms with Crippen molar-refractivity contribution >= 4 is 22.0 Å². The van der Waals surface area contributed by atoms with Gasteiger partial charge in [-0.2, -0.15) is 0 Å². The van der Waals surface area contributed by atoms with Gasteiger partial charge < -0.3 is 14.4 Å². The average Bonchev–Trinajstić information content (AvgIpc) is 3.52. The van der Waals surface area contributed by atoms with Crippen LogP contribution < -0.4 is 4.90 Å². The van der Waals surface area contributed by atoms with Crippen LogP contribution in [0.25, 0.3) is 16.3 Å². The molecule has 1 saturated heterocycles. The number of fused-ring (bicyclic) bond motifs is 1. The number of piperazine rings is 1. The van der Waals surface area contributed by atoms with Crippen molar-refractivity contribution < 1.29 is 0 Å². The molecule has 0 N–H and O–H groups in total. The Morgan fingerprint density at radius 2 is 1.87 bits per heavy atom. The highest BCUT2D eigenvalue weighted by Crippen LogP contribution is 2.34. The van der Waals surface area contributed by atoms with Crippen molar-refractivity contribution in [3.05, 3.63) is 59.6 Å². The minimum absolute atomic E-state index is 0.942. The summed E-state index contributed by atoms with van der Waals surface area (Å²) in [5, 5.41) is 1.13. The van der Waals surface area contributed by atoms with E-state index in [9.17, 15) is 0 Å². The summed E-state index contributed by atoms with van der Waals surface area (Å²) in [6, 6.07) is 8.79. The standard InChI is InChI=1S/C25H31N5S/c1-3-4-11-30-21(16-20-10-9-19-7-5-6-8-22(19)20)17-26-24(30)23-18-27-25(31-23)29-14-12-28(2)13-15-29/h5-8,10,17-18H,3-4,9,11-16H2,1-2H3. The molecule has 3 heterocycles. The second-order valence-electron chi connectivity index (χ2n) is 8.64. The lowest BCUT2D eigenvalue weighted by Crippen LogP contribution is -2.44. The number of allylic oxidation sites excluding steroid dienone is 2. The second-order valence-corrected chi connectivity index (χ2v) is 9.65. The second kappa shape index (κ2) is 8.97. The number of nitrogens with zero attached hydrogens (tertiary/aromatic N) is 5. The summed E-state index contributed by atoms with van der Waals surface area (Å²) < 4.78 is 2.44. The van der Waals surface area contributed by atoms with E-state index >= 15 is 0 Å². The third-order valence-corrected chi connectivity index (χ3v) is 7.52. The maximum atomic E-state index is 4.89. The van der Waals surface area contributed by atoms with Gasteiger partial charge in [0.15, 0.2) is 11.0 Å². The van der Waals surface area contributed by atoms with Crippen LogP contribution in [-0.2, 0) is 19.4 Å². The molecule has 2 aromatic heterocycles. The van der Waals surface area contributed by atoms with Crippen molar-refractivity contribution in [3.8, 4) is 10.7 Å². The predicted molar refractivity (Wildman–Crippen MR) is 130 cm³/mol. The lowest BCUT2D eigenvalue weighted by molar-refractivity contribution is 0.313. The third kappa shape index (κ3) is 4.19. The number of hydrogen-bond donors (Lipinski definition) is 0. The fraction of sp³-hybridized carbons (Fsp3) is 0.440. The van der Waals surface area contributed by atoms with E-state index in [2.05, 4.69) is 64.9 Å². The van der Waals surface area contributed by atoms with Crippen molar-refractivity contribution in [3.63, 3.8) is 0 Å². The lowest BCUT2D eigenvalue weighted by Gasteiger charge is -2.32. The van der Waals surface area contributed by atoms with Crippen LogP contribution in [0.15, 0.2) is 42.7 Å². The molecule has 0 atom stereocenters. The van der Waals surface area contributed by atoms with Crippen LogP contribution in [0, 0.1) is 0 Å². The first-order valence-corrected chi connectivity index (χ1v) is 12.3. The Labute approximate surface area is 189 Å². The molecule has 0 spiro atoms. The number of aromatic nitrogens is 3. The first-order valence-electron chi connectivity index (χ1n) is 11.4. The molecule has 0 bridgehead atoms. The van der Waals surface area contributed by atoms with Crippen LogP contribution in [0.1, 0.15) is 36.6 Å². The molecule has 0 unspecified atom stereocenters. The van der Waals surface area contributed by atoms with E-state index in [-0.39, 0.29) is 0 Å². The minimum atomic E-state index is 0.942. The van der Waals surface area contributed by atoms with Gasteiger partial charge in [-0.3, -0.25) is 0 Å². The number of benzene rings is 1. The molecule has 5 rings (SSSR count). The van der Waals surface area contributed by atoms with Gasteiger partial charge in [0.1, 0.15) is 0 Å². The molecule has 2 aliphatic rings. The number of imidazole rings is 1. The molecule has 3 aromatic rings. The number of likely N-dealkylation sites (N-methyl/N-ethyl adjacent to an activating group) is 1. The van der Waals surface area contributed by atoms with Crippen LogP contribution in [0.2, 0.25) is 0 Å². The van der Waals surface area contributed by atoms with Gasteiger partial charge in [-0.1, -0.05) is 55.0 Å². The summed E-state index contributed by atoms with van der Waals surface area (Å²) in [6.07, 6.45) is 10.8. The van der Waals surface area contributed by atoms with Crippen LogP contribution in [-0.4, -0.2) is 52.7 Å². The molecular weight excluding hydrogens is 402 g/mol. The Bertz CT molecular complexity index is 1070. The van der Waals surface area contributed by atoms with E-state index in [0.29, 0.717) is 0 Å². The zero-order valence-corrected chi connectivity index (χ0v) is 19.4. The van der Waals surface area contributed by atoms with E-state index in [4.69, 9.17) is 9.97 Å². The summed E-state index contributed by atoms with van der Waals surface area (Å²) in [6.45, 7) is 7.56. The normalized spacial score (nSPS) is 16.6. The molecule has 1 aliphatic carbocycles. The van der Waals surface area contributed by atoms with Crippen molar-refractivity contribution in [2.75, 3.05) is 38.1 Å². The molecule has 0 radical (unpaired) electrons. The Balaban J connectivity index is 1.40. The first kappa shape index (κ1) is 20.5.